The van der Waals surface area contributed by atoms with Crippen molar-refractivity contribution < 1.29 is 9.13 Å². The molecule has 1 aromatic carbocycles. The largest absolute Gasteiger partial charge is 0.455 e. The van der Waals surface area contributed by atoms with E-state index in [2.05, 4.69) is 16.0 Å². The highest BCUT2D eigenvalue weighted by Gasteiger charge is 2.13. The Labute approximate surface area is 118 Å². The Hall–Kier alpha value is -2.10. The summed E-state index contributed by atoms with van der Waals surface area (Å²) in [6.45, 7) is 4.01. The number of rotatable bonds is 3. The van der Waals surface area contributed by atoms with Crippen molar-refractivity contribution in [1.82, 2.24) is 4.98 Å². The van der Waals surface area contributed by atoms with Gasteiger partial charge in [0.1, 0.15) is 11.5 Å². The Balaban J connectivity index is 1.81. The quantitative estimate of drug-likeness (QED) is 0.792. The Morgan fingerprint density at radius 3 is 2.75 bits per heavy atom. The lowest BCUT2D eigenvalue weighted by Crippen LogP contribution is -2.17. The molecule has 0 aliphatic carbocycles. The summed E-state index contributed by atoms with van der Waals surface area (Å²) in [6, 6.07) is 9.37. The first-order chi connectivity index (χ1) is 9.72. The summed E-state index contributed by atoms with van der Waals surface area (Å²) in [6.07, 6.45) is 3.91. The molecule has 2 aromatic rings. The van der Waals surface area contributed by atoms with Crippen LogP contribution < -0.4 is 9.64 Å². The molecule has 0 unspecified atom stereocenters. The van der Waals surface area contributed by atoms with Crippen molar-refractivity contribution in [2.24, 2.45) is 0 Å². The van der Waals surface area contributed by atoms with Crippen LogP contribution in [0.15, 0.2) is 36.5 Å². The number of anilines is 1. The zero-order valence-corrected chi connectivity index (χ0v) is 11.5. The molecule has 0 amide bonds. The molecule has 1 aliphatic rings. The number of nitrogens with zero attached hydrogens (tertiary/aromatic N) is 2. The Morgan fingerprint density at radius 1 is 1.20 bits per heavy atom. The Morgan fingerprint density at radius 2 is 2.00 bits per heavy atom. The predicted octanol–water partition coefficient (Wildman–Crippen LogP) is 3.92. The first kappa shape index (κ1) is 12.9. The molecule has 0 spiro atoms. The number of hydrogen-bond acceptors (Lipinski definition) is 3. The van der Waals surface area contributed by atoms with E-state index in [0.717, 1.165) is 24.4 Å². The van der Waals surface area contributed by atoms with E-state index >= 15 is 0 Å². The summed E-state index contributed by atoms with van der Waals surface area (Å²) in [5.41, 5.74) is 1.91. The molecule has 1 aromatic heterocycles. The summed E-state index contributed by atoms with van der Waals surface area (Å²) in [7, 11) is 0. The van der Waals surface area contributed by atoms with E-state index in [-0.39, 0.29) is 0 Å². The van der Waals surface area contributed by atoms with E-state index in [1.54, 1.807) is 0 Å². The van der Waals surface area contributed by atoms with Crippen molar-refractivity contribution in [3.05, 3.63) is 48.0 Å². The molecule has 20 heavy (non-hydrogen) atoms. The highest BCUT2D eigenvalue weighted by atomic mass is 19.1. The molecular formula is C16H17FN2O. The minimum absolute atomic E-state index is 0.485. The van der Waals surface area contributed by atoms with E-state index in [9.17, 15) is 4.39 Å². The van der Waals surface area contributed by atoms with Crippen LogP contribution in [-0.2, 0) is 0 Å². The van der Waals surface area contributed by atoms with Gasteiger partial charge in [-0.1, -0.05) is 6.07 Å². The van der Waals surface area contributed by atoms with Crippen LogP contribution in [0, 0.1) is 12.9 Å². The van der Waals surface area contributed by atoms with Crippen LogP contribution in [0.25, 0.3) is 0 Å². The van der Waals surface area contributed by atoms with Crippen molar-refractivity contribution in [2.45, 2.75) is 19.8 Å². The van der Waals surface area contributed by atoms with Gasteiger partial charge in [0.15, 0.2) is 0 Å². The molecule has 0 bridgehead atoms. The minimum Gasteiger partial charge on any atom is -0.455 e. The van der Waals surface area contributed by atoms with Gasteiger partial charge in [-0.2, -0.15) is 4.39 Å². The summed E-state index contributed by atoms with van der Waals surface area (Å²) in [5, 5.41) is 0. The normalized spacial score (nSPS) is 14.6. The Bertz CT molecular complexity index is 609. The fourth-order valence-electron chi connectivity index (χ4n) is 2.46. The second kappa shape index (κ2) is 5.49. The van der Waals surface area contributed by atoms with Crippen LogP contribution in [-0.4, -0.2) is 18.1 Å². The van der Waals surface area contributed by atoms with Crippen LogP contribution >= 0.6 is 0 Å². The van der Waals surface area contributed by atoms with Gasteiger partial charge in [-0.15, -0.1) is 0 Å². The predicted molar refractivity (Wildman–Crippen MR) is 76.9 cm³/mol. The molecule has 0 N–H and O–H groups in total. The fraction of sp³-hybridized carbons (Fsp3) is 0.312. The average Bonchev–Trinajstić information content (AvgIpc) is 2.96. The van der Waals surface area contributed by atoms with Gasteiger partial charge in [-0.25, -0.2) is 4.98 Å². The monoisotopic (exact) mass is 272 g/mol. The van der Waals surface area contributed by atoms with Gasteiger partial charge in [0.2, 0.25) is 5.95 Å². The van der Waals surface area contributed by atoms with E-state index < -0.39 is 5.95 Å². The number of aromatic nitrogens is 1. The van der Waals surface area contributed by atoms with Crippen molar-refractivity contribution in [2.75, 3.05) is 18.0 Å². The fourth-order valence-corrected chi connectivity index (χ4v) is 2.46. The van der Waals surface area contributed by atoms with Gasteiger partial charge in [0.25, 0.3) is 0 Å². The molecular weight excluding hydrogens is 255 g/mol. The highest BCUT2D eigenvalue weighted by Crippen LogP contribution is 2.29. The van der Waals surface area contributed by atoms with Crippen LogP contribution in [0.1, 0.15) is 18.4 Å². The lowest BCUT2D eigenvalue weighted by atomic mass is 10.2. The van der Waals surface area contributed by atoms with Crippen LogP contribution in [0.3, 0.4) is 0 Å². The maximum Gasteiger partial charge on any atom is 0.213 e. The second-order valence-corrected chi connectivity index (χ2v) is 5.07. The lowest BCUT2D eigenvalue weighted by molar-refractivity contribution is 0.470. The van der Waals surface area contributed by atoms with Crippen molar-refractivity contribution >= 4 is 5.69 Å². The Kier molecular flexibility index (Phi) is 3.54. The SMILES string of the molecule is Cc1cc(F)ncc1Oc1cccc(N2CCCC2)c1. The number of ether oxygens (including phenoxy) is 1. The lowest BCUT2D eigenvalue weighted by Gasteiger charge is -2.18. The van der Waals surface area contributed by atoms with Crippen LogP contribution in [0.5, 0.6) is 11.5 Å². The maximum absolute atomic E-state index is 13.0. The molecule has 0 radical (unpaired) electrons. The van der Waals surface area contributed by atoms with Gasteiger partial charge in [0, 0.05) is 24.8 Å². The number of benzene rings is 1. The zero-order valence-electron chi connectivity index (χ0n) is 11.5. The standard InChI is InChI=1S/C16H17FN2O/c1-12-9-16(17)18-11-15(12)20-14-6-4-5-13(10-14)19-7-2-3-8-19/h4-6,9-11H,2-3,7-8H2,1H3. The van der Waals surface area contributed by atoms with Gasteiger partial charge in [-0.3, -0.25) is 0 Å². The molecule has 2 heterocycles. The van der Waals surface area contributed by atoms with Crippen molar-refractivity contribution in [1.29, 1.82) is 0 Å². The highest BCUT2D eigenvalue weighted by molar-refractivity contribution is 5.52. The summed E-state index contributed by atoms with van der Waals surface area (Å²) >= 11 is 0. The first-order valence-corrected chi connectivity index (χ1v) is 6.87. The van der Waals surface area contributed by atoms with Gasteiger partial charge in [-0.05, 0) is 43.5 Å². The van der Waals surface area contributed by atoms with Crippen LogP contribution in [0.4, 0.5) is 10.1 Å². The molecule has 1 saturated heterocycles. The van der Waals surface area contributed by atoms with E-state index in [0.29, 0.717) is 5.75 Å². The van der Waals surface area contributed by atoms with Gasteiger partial charge < -0.3 is 9.64 Å². The number of pyridine rings is 1. The number of hydrogen-bond donors (Lipinski definition) is 0. The van der Waals surface area contributed by atoms with E-state index in [4.69, 9.17) is 4.74 Å². The smallest absolute Gasteiger partial charge is 0.213 e. The van der Waals surface area contributed by atoms with Gasteiger partial charge in [0.05, 0.1) is 6.20 Å². The molecule has 1 aliphatic heterocycles. The van der Waals surface area contributed by atoms with Crippen molar-refractivity contribution in [3.8, 4) is 11.5 Å². The third-order valence-corrected chi connectivity index (χ3v) is 3.55. The zero-order chi connectivity index (χ0) is 13.9. The second-order valence-electron chi connectivity index (χ2n) is 5.07. The molecule has 3 nitrogen and oxygen atoms in total. The molecule has 1 fully saturated rings. The molecule has 4 heteroatoms. The molecule has 0 atom stereocenters. The third-order valence-electron chi connectivity index (χ3n) is 3.55. The molecule has 104 valence electrons. The average molecular weight is 272 g/mol. The summed E-state index contributed by atoms with van der Waals surface area (Å²) < 4.78 is 18.8. The van der Waals surface area contributed by atoms with Gasteiger partial charge >= 0.3 is 0 Å². The minimum atomic E-state index is -0.485. The van der Waals surface area contributed by atoms with E-state index in [1.165, 1.54) is 30.8 Å². The number of aryl methyl sites for hydroxylation is 1. The van der Waals surface area contributed by atoms with E-state index in [1.807, 2.05) is 25.1 Å². The summed E-state index contributed by atoms with van der Waals surface area (Å²) in [4.78, 5) is 5.98. The molecule has 3 rings (SSSR count). The molecule has 0 saturated carbocycles. The van der Waals surface area contributed by atoms with Crippen molar-refractivity contribution in [3.63, 3.8) is 0 Å². The third kappa shape index (κ3) is 2.74. The number of halogens is 1. The maximum atomic E-state index is 13.0. The summed E-state index contributed by atoms with van der Waals surface area (Å²) in [5.74, 6) is 0.858. The first-order valence-electron chi connectivity index (χ1n) is 6.87. The topological polar surface area (TPSA) is 25.4 Å². The van der Waals surface area contributed by atoms with Crippen LogP contribution in [0.2, 0.25) is 0 Å².